The van der Waals surface area contributed by atoms with Crippen LogP contribution in [0.25, 0.3) is 0 Å². The molecule has 1 aliphatic heterocycles. The van der Waals surface area contributed by atoms with Crippen molar-refractivity contribution in [3.8, 4) is 0 Å². The van der Waals surface area contributed by atoms with Gasteiger partial charge in [0.05, 0.1) is 12.2 Å². The fourth-order valence-electron chi connectivity index (χ4n) is 3.06. The fraction of sp³-hybridized carbons (Fsp3) is 0.450. The minimum Gasteiger partial charge on any atom is -0.444 e. The number of rotatable bonds is 2. The van der Waals surface area contributed by atoms with Crippen LogP contribution in [0.1, 0.15) is 48.1 Å². The van der Waals surface area contributed by atoms with Crippen molar-refractivity contribution in [1.82, 2.24) is 14.7 Å². The number of hydrogen-bond acceptors (Lipinski definition) is 4. The lowest BCUT2D eigenvalue weighted by Gasteiger charge is -2.30. The Morgan fingerprint density at radius 1 is 1.19 bits per heavy atom. The summed E-state index contributed by atoms with van der Waals surface area (Å²) in [6, 6.07) is 7.63. The van der Waals surface area contributed by atoms with Crippen molar-refractivity contribution in [3.63, 3.8) is 0 Å². The predicted octanol–water partition coefficient (Wildman–Crippen LogP) is 3.27. The fourth-order valence-corrected chi connectivity index (χ4v) is 3.06. The van der Waals surface area contributed by atoms with Gasteiger partial charge in [0.25, 0.3) is 5.91 Å². The molecule has 1 aromatic heterocycles. The van der Waals surface area contributed by atoms with E-state index in [9.17, 15) is 9.59 Å². The average Bonchev–Trinajstić information content (AvgIpc) is 2.92. The maximum absolute atomic E-state index is 12.7. The minimum absolute atomic E-state index is 0.235. The van der Waals surface area contributed by atoms with Gasteiger partial charge in [0, 0.05) is 24.8 Å². The highest BCUT2D eigenvalue weighted by Gasteiger charge is 2.31. The number of carbonyl (C=O) groups excluding carboxylic acids is 2. The zero-order valence-corrected chi connectivity index (χ0v) is 16.5. The Morgan fingerprint density at radius 2 is 1.85 bits per heavy atom. The first-order valence-corrected chi connectivity index (χ1v) is 9.05. The van der Waals surface area contributed by atoms with Crippen LogP contribution < -0.4 is 5.32 Å². The largest absolute Gasteiger partial charge is 0.444 e. The molecular weight excluding hydrogens is 344 g/mol. The van der Waals surface area contributed by atoms with Gasteiger partial charge in [0.1, 0.15) is 5.60 Å². The number of anilines is 1. The lowest BCUT2D eigenvalue weighted by Crippen LogP contribution is -2.40. The molecule has 0 fully saturated rings. The van der Waals surface area contributed by atoms with Crippen LogP contribution in [0.4, 0.5) is 10.5 Å². The summed E-state index contributed by atoms with van der Waals surface area (Å²) in [5, 5.41) is 7.29. The van der Waals surface area contributed by atoms with Crippen LogP contribution in [-0.4, -0.2) is 38.8 Å². The molecule has 1 N–H and O–H groups in total. The number of hydrogen-bond donors (Lipinski definition) is 1. The molecule has 7 nitrogen and oxygen atoms in total. The molecular formula is C20H26N4O3. The van der Waals surface area contributed by atoms with Crippen LogP contribution in [0.3, 0.4) is 0 Å². The number of fused-ring (bicyclic) bond motifs is 1. The van der Waals surface area contributed by atoms with Gasteiger partial charge in [0.2, 0.25) is 0 Å². The van der Waals surface area contributed by atoms with E-state index in [1.807, 2.05) is 52.0 Å². The Morgan fingerprint density at radius 3 is 2.48 bits per heavy atom. The summed E-state index contributed by atoms with van der Waals surface area (Å²) in [5.74, 6) is -0.235. The van der Waals surface area contributed by atoms with Crippen LogP contribution in [0.2, 0.25) is 0 Å². The highest BCUT2D eigenvalue weighted by molar-refractivity contribution is 6.04. The first-order chi connectivity index (χ1) is 12.6. The number of ether oxygens (including phenoxy) is 1. The maximum Gasteiger partial charge on any atom is 0.410 e. The Labute approximate surface area is 159 Å². The van der Waals surface area contributed by atoms with Crippen molar-refractivity contribution in [1.29, 1.82) is 0 Å². The molecule has 2 amide bonds. The summed E-state index contributed by atoms with van der Waals surface area (Å²) in [4.78, 5) is 26.7. The molecule has 0 radical (unpaired) electrons. The summed E-state index contributed by atoms with van der Waals surface area (Å²) in [6.45, 7) is 8.41. The quantitative estimate of drug-likeness (QED) is 0.880. The molecule has 0 saturated heterocycles. The van der Waals surface area contributed by atoms with Gasteiger partial charge in [-0.25, -0.2) is 4.79 Å². The molecule has 3 rings (SSSR count). The van der Waals surface area contributed by atoms with Gasteiger partial charge in [-0.3, -0.25) is 9.48 Å². The smallest absolute Gasteiger partial charge is 0.410 e. The SMILES string of the molecule is Cc1ccc(NC(=O)c2nn(C)c3c2CCN(C(=O)OC(C)(C)C)C3)cc1. The van der Waals surface area contributed by atoms with Gasteiger partial charge in [-0.2, -0.15) is 5.10 Å². The Bertz CT molecular complexity index is 863. The van der Waals surface area contributed by atoms with Crippen LogP contribution in [0, 0.1) is 6.92 Å². The first-order valence-electron chi connectivity index (χ1n) is 9.05. The summed E-state index contributed by atoms with van der Waals surface area (Å²) in [7, 11) is 1.79. The number of nitrogens with one attached hydrogen (secondary N) is 1. The monoisotopic (exact) mass is 370 g/mol. The summed E-state index contributed by atoms with van der Waals surface area (Å²) in [6.07, 6.45) is 0.221. The Hall–Kier alpha value is -2.83. The predicted molar refractivity (Wildman–Crippen MR) is 103 cm³/mol. The maximum atomic E-state index is 12.7. The second-order valence-electron chi connectivity index (χ2n) is 7.87. The normalized spacial score (nSPS) is 13.9. The van der Waals surface area contributed by atoms with Gasteiger partial charge in [-0.15, -0.1) is 0 Å². The summed E-state index contributed by atoms with van der Waals surface area (Å²) < 4.78 is 7.13. The standard InChI is InChI=1S/C20H26N4O3/c1-13-6-8-14(9-7-13)21-18(25)17-15-10-11-24(12-16(15)23(5)22-17)19(26)27-20(2,3)4/h6-9H,10-12H2,1-5H3,(H,21,25). The van der Waals surface area contributed by atoms with Gasteiger partial charge < -0.3 is 15.0 Å². The van der Waals surface area contributed by atoms with E-state index in [1.165, 1.54) is 0 Å². The molecule has 1 aliphatic rings. The van der Waals surface area contributed by atoms with Crippen molar-refractivity contribution in [2.24, 2.45) is 7.05 Å². The average molecular weight is 370 g/mol. The molecule has 2 heterocycles. The lowest BCUT2D eigenvalue weighted by molar-refractivity contribution is 0.0219. The third-order valence-corrected chi connectivity index (χ3v) is 4.42. The number of nitrogens with zero attached hydrogens (tertiary/aromatic N) is 3. The van der Waals surface area contributed by atoms with Gasteiger partial charge in [-0.1, -0.05) is 17.7 Å². The zero-order chi connectivity index (χ0) is 19.8. The second kappa shape index (κ2) is 7.06. The molecule has 0 bridgehead atoms. The Kier molecular flexibility index (Phi) is 4.95. The van der Waals surface area contributed by atoms with Crippen molar-refractivity contribution in [2.75, 3.05) is 11.9 Å². The molecule has 27 heavy (non-hydrogen) atoms. The highest BCUT2D eigenvalue weighted by atomic mass is 16.6. The summed E-state index contributed by atoms with van der Waals surface area (Å²) in [5.41, 5.74) is 3.49. The van der Waals surface area contributed by atoms with E-state index in [0.717, 1.165) is 22.5 Å². The topological polar surface area (TPSA) is 76.5 Å². The van der Waals surface area contributed by atoms with Crippen LogP contribution >= 0.6 is 0 Å². The molecule has 7 heteroatoms. The van der Waals surface area contributed by atoms with E-state index in [2.05, 4.69) is 10.4 Å². The minimum atomic E-state index is -0.539. The molecule has 0 atom stereocenters. The van der Waals surface area contributed by atoms with Crippen molar-refractivity contribution in [3.05, 3.63) is 46.8 Å². The van der Waals surface area contributed by atoms with E-state index in [-0.39, 0.29) is 12.0 Å². The molecule has 0 aliphatic carbocycles. The van der Waals surface area contributed by atoms with Crippen molar-refractivity contribution >= 4 is 17.7 Å². The van der Waals surface area contributed by atoms with Gasteiger partial charge >= 0.3 is 6.09 Å². The van der Waals surface area contributed by atoms with Gasteiger partial charge in [-0.05, 0) is 46.2 Å². The van der Waals surface area contributed by atoms with Crippen molar-refractivity contribution < 1.29 is 14.3 Å². The molecule has 0 saturated carbocycles. The zero-order valence-electron chi connectivity index (χ0n) is 16.5. The molecule has 1 aromatic carbocycles. The molecule has 0 unspecified atom stereocenters. The van der Waals surface area contributed by atoms with E-state index in [4.69, 9.17) is 4.74 Å². The lowest BCUT2D eigenvalue weighted by atomic mass is 10.0. The van der Waals surface area contributed by atoms with E-state index < -0.39 is 5.60 Å². The number of benzene rings is 1. The number of amides is 2. The van der Waals surface area contributed by atoms with E-state index >= 15 is 0 Å². The first kappa shape index (κ1) is 18.9. The number of aryl methyl sites for hydroxylation is 2. The second-order valence-corrected chi connectivity index (χ2v) is 7.87. The van der Waals surface area contributed by atoms with E-state index in [0.29, 0.717) is 25.2 Å². The molecule has 144 valence electrons. The van der Waals surface area contributed by atoms with Crippen LogP contribution in [0.15, 0.2) is 24.3 Å². The number of aromatic nitrogens is 2. The van der Waals surface area contributed by atoms with Crippen molar-refractivity contribution in [2.45, 2.75) is 46.3 Å². The van der Waals surface area contributed by atoms with Crippen LogP contribution in [0.5, 0.6) is 0 Å². The summed E-state index contributed by atoms with van der Waals surface area (Å²) >= 11 is 0. The third-order valence-electron chi connectivity index (χ3n) is 4.42. The van der Waals surface area contributed by atoms with Crippen LogP contribution in [-0.2, 0) is 24.8 Å². The molecule has 2 aromatic rings. The molecule has 0 spiro atoms. The Balaban J connectivity index is 1.76. The number of carbonyl (C=O) groups is 2. The van der Waals surface area contributed by atoms with Gasteiger partial charge in [0.15, 0.2) is 5.69 Å². The van der Waals surface area contributed by atoms with E-state index in [1.54, 1.807) is 16.6 Å². The highest BCUT2D eigenvalue weighted by Crippen LogP contribution is 2.24. The third kappa shape index (κ3) is 4.30.